The number of hydrogen-bond acceptors (Lipinski definition) is 0. The molecule has 0 heterocycles. The van der Waals surface area contributed by atoms with E-state index in [0.717, 1.165) is 12.8 Å². The summed E-state index contributed by atoms with van der Waals surface area (Å²) in [6.45, 7) is 8.70. The Morgan fingerprint density at radius 3 is 1.11 bits per heavy atom. The lowest BCUT2D eigenvalue weighted by atomic mass is 9.96. The van der Waals surface area contributed by atoms with Crippen LogP contribution in [0.25, 0.3) is 10.8 Å². The van der Waals surface area contributed by atoms with Gasteiger partial charge in [-0.15, -0.1) is 0 Å². The van der Waals surface area contributed by atoms with E-state index in [1.54, 1.807) is 0 Å². The molecule has 0 aliphatic carbocycles. The molecule has 0 aliphatic heterocycles. The first-order valence-electron chi connectivity index (χ1n) is 10.1. The minimum absolute atomic E-state index is 0.989. The van der Waals surface area contributed by atoms with Crippen molar-refractivity contribution in [1.29, 1.82) is 0 Å². The van der Waals surface area contributed by atoms with Crippen LogP contribution in [0.15, 0.2) is 72.8 Å². The Morgan fingerprint density at radius 1 is 0.393 bits per heavy atom. The first-order valence-corrected chi connectivity index (χ1v) is 10.1. The number of fused-ring (bicyclic) bond motifs is 1. The van der Waals surface area contributed by atoms with Gasteiger partial charge in [-0.25, -0.2) is 0 Å². The van der Waals surface area contributed by atoms with Gasteiger partial charge in [-0.2, -0.15) is 0 Å². The molecule has 4 aromatic rings. The van der Waals surface area contributed by atoms with Crippen LogP contribution in [0.3, 0.4) is 0 Å². The van der Waals surface area contributed by atoms with Gasteiger partial charge in [-0.05, 0) is 73.6 Å². The summed E-state index contributed by atoms with van der Waals surface area (Å²) >= 11 is 0. The fraction of sp³-hybridized carbons (Fsp3) is 0.214. The van der Waals surface area contributed by atoms with Crippen molar-refractivity contribution in [2.45, 2.75) is 40.5 Å². The standard InChI is InChI=1S/C28H28/c1-19-9-20(2)12-25(11-19)15-23-5-7-28-18-24(6-8-27(28)17-23)16-26-13-21(3)10-22(4)14-26/h5-14,17-18H,15-16H2,1-4H3. The van der Waals surface area contributed by atoms with Gasteiger partial charge >= 0.3 is 0 Å². The molecule has 0 nitrogen and oxygen atoms in total. The van der Waals surface area contributed by atoms with Gasteiger partial charge in [0.05, 0.1) is 0 Å². The van der Waals surface area contributed by atoms with E-state index >= 15 is 0 Å². The Labute approximate surface area is 168 Å². The Kier molecular flexibility index (Phi) is 5.05. The molecule has 0 spiro atoms. The fourth-order valence-corrected chi connectivity index (χ4v) is 4.38. The van der Waals surface area contributed by atoms with Gasteiger partial charge in [0.15, 0.2) is 0 Å². The number of rotatable bonds is 4. The quantitative estimate of drug-likeness (QED) is 0.357. The first kappa shape index (κ1) is 18.5. The Morgan fingerprint density at radius 2 is 0.750 bits per heavy atom. The van der Waals surface area contributed by atoms with Crippen molar-refractivity contribution in [2.75, 3.05) is 0 Å². The van der Waals surface area contributed by atoms with Crippen molar-refractivity contribution in [2.24, 2.45) is 0 Å². The molecule has 0 fully saturated rings. The van der Waals surface area contributed by atoms with Crippen molar-refractivity contribution in [1.82, 2.24) is 0 Å². The molecule has 0 aliphatic rings. The third-order valence-electron chi connectivity index (χ3n) is 5.35. The lowest BCUT2D eigenvalue weighted by molar-refractivity contribution is 1.17. The van der Waals surface area contributed by atoms with Crippen molar-refractivity contribution in [3.63, 3.8) is 0 Å². The van der Waals surface area contributed by atoms with Gasteiger partial charge < -0.3 is 0 Å². The Hall–Kier alpha value is -2.86. The minimum Gasteiger partial charge on any atom is -0.0581 e. The van der Waals surface area contributed by atoms with Gasteiger partial charge in [0.2, 0.25) is 0 Å². The molecule has 0 bridgehead atoms. The molecular weight excluding hydrogens is 336 g/mol. The molecule has 0 atom stereocenters. The van der Waals surface area contributed by atoms with E-state index < -0.39 is 0 Å². The molecule has 28 heavy (non-hydrogen) atoms. The molecule has 0 heteroatoms. The van der Waals surface area contributed by atoms with Gasteiger partial charge in [0.1, 0.15) is 0 Å². The summed E-state index contributed by atoms with van der Waals surface area (Å²) in [4.78, 5) is 0. The van der Waals surface area contributed by atoms with Crippen LogP contribution in [0, 0.1) is 27.7 Å². The summed E-state index contributed by atoms with van der Waals surface area (Å²) in [6.07, 6.45) is 1.98. The van der Waals surface area contributed by atoms with Crippen molar-refractivity contribution in [3.05, 3.63) is 117 Å². The second kappa shape index (κ2) is 7.64. The predicted molar refractivity (Wildman–Crippen MR) is 121 cm³/mol. The maximum atomic E-state index is 2.34. The molecular formula is C28H28. The fourth-order valence-electron chi connectivity index (χ4n) is 4.38. The molecule has 0 amide bonds. The highest BCUT2D eigenvalue weighted by atomic mass is 14.1. The maximum Gasteiger partial charge on any atom is -0.00254 e. The van der Waals surface area contributed by atoms with E-state index in [0.29, 0.717) is 0 Å². The van der Waals surface area contributed by atoms with Gasteiger partial charge in [-0.1, -0.05) is 95.1 Å². The second-order valence-electron chi connectivity index (χ2n) is 8.36. The van der Waals surface area contributed by atoms with Gasteiger partial charge in [0.25, 0.3) is 0 Å². The topological polar surface area (TPSA) is 0 Å². The number of benzene rings is 4. The summed E-state index contributed by atoms with van der Waals surface area (Å²) in [5, 5.41) is 2.65. The molecule has 0 radical (unpaired) electrons. The van der Waals surface area contributed by atoms with E-state index in [2.05, 4.69) is 100 Å². The lowest BCUT2D eigenvalue weighted by Gasteiger charge is -2.09. The number of hydrogen-bond donors (Lipinski definition) is 0. The van der Waals surface area contributed by atoms with Crippen LogP contribution in [0.2, 0.25) is 0 Å². The van der Waals surface area contributed by atoms with Crippen LogP contribution in [0.5, 0.6) is 0 Å². The first-order chi connectivity index (χ1) is 13.4. The second-order valence-corrected chi connectivity index (χ2v) is 8.36. The molecule has 4 rings (SSSR count). The van der Waals surface area contributed by atoms with Crippen molar-refractivity contribution in [3.8, 4) is 0 Å². The highest BCUT2D eigenvalue weighted by Crippen LogP contribution is 2.22. The molecule has 0 N–H and O–H groups in total. The SMILES string of the molecule is Cc1cc(C)cc(Cc2ccc3cc(Cc4cc(C)cc(C)c4)ccc3c2)c1. The highest BCUT2D eigenvalue weighted by Gasteiger charge is 2.04. The van der Waals surface area contributed by atoms with Crippen LogP contribution >= 0.6 is 0 Å². The molecule has 4 aromatic carbocycles. The smallest absolute Gasteiger partial charge is 0.00254 e. The molecule has 0 unspecified atom stereocenters. The zero-order valence-corrected chi connectivity index (χ0v) is 17.3. The Bertz CT molecular complexity index is 1010. The van der Waals surface area contributed by atoms with Crippen LogP contribution in [-0.4, -0.2) is 0 Å². The molecule has 0 aromatic heterocycles. The normalized spacial score (nSPS) is 11.1. The average Bonchev–Trinajstić information content (AvgIpc) is 2.60. The summed E-state index contributed by atoms with van der Waals surface area (Å²) < 4.78 is 0. The van der Waals surface area contributed by atoms with Crippen LogP contribution in [-0.2, 0) is 12.8 Å². The van der Waals surface area contributed by atoms with Crippen LogP contribution in [0.1, 0.15) is 44.5 Å². The Balaban J connectivity index is 1.58. The van der Waals surface area contributed by atoms with Crippen molar-refractivity contribution >= 4 is 10.8 Å². The lowest BCUT2D eigenvalue weighted by Crippen LogP contribution is -1.92. The minimum atomic E-state index is 0.989. The molecule has 140 valence electrons. The van der Waals surface area contributed by atoms with E-state index in [1.807, 2.05) is 0 Å². The van der Waals surface area contributed by atoms with E-state index in [4.69, 9.17) is 0 Å². The third-order valence-corrected chi connectivity index (χ3v) is 5.35. The summed E-state index contributed by atoms with van der Waals surface area (Å²) in [5.74, 6) is 0. The predicted octanol–water partition coefficient (Wildman–Crippen LogP) is 7.26. The van der Waals surface area contributed by atoms with E-state index in [-0.39, 0.29) is 0 Å². The average molecular weight is 365 g/mol. The third kappa shape index (κ3) is 4.34. The molecule has 0 saturated carbocycles. The summed E-state index contributed by atoms with van der Waals surface area (Å²) in [6, 6.07) is 27.4. The van der Waals surface area contributed by atoms with Crippen molar-refractivity contribution < 1.29 is 0 Å². The highest BCUT2D eigenvalue weighted by molar-refractivity contribution is 5.84. The summed E-state index contributed by atoms with van der Waals surface area (Å²) in [7, 11) is 0. The van der Waals surface area contributed by atoms with E-state index in [9.17, 15) is 0 Å². The monoisotopic (exact) mass is 364 g/mol. The van der Waals surface area contributed by atoms with Gasteiger partial charge in [0, 0.05) is 0 Å². The number of aryl methyl sites for hydroxylation is 4. The summed E-state index contributed by atoms with van der Waals surface area (Å²) in [5.41, 5.74) is 10.9. The van der Waals surface area contributed by atoms with E-state index in [1.165, 1.54) is 55.3 Å². The zero-order valence-electron chi connectivity index (χ0n) is 17.3. The molecule has 0 saturated heterocycles. The van der Waals surface area contributed by atoms with Crippen LogP contribution < -0.4 is 0 Å². The van der Waals surface area contributed by atoms with Crippen LogP contribution in [0.4, 0.5) is 0 Å². The largest absolute Gasteiger partial charge is 0.0581 e. The zero-order chi connectivity index (χ0) is 19.7. The van der Waals surface area contributed by atoms with Gasteiger partial charge in [-0.3, -0.25) is 0 Å². The maximum absolute atomic E-state index is 2.34.